The van der Waals surface area contributed by atoms with Crippen molar-refractivity contribution >= 4 is 28.6 Å². The van der Waals surface area contributed by atoms with Crippen molar-refractivity contribution in [1.82, 2.24) is 24.1 Å². The minimum atomic E-state index is -0.154. The lowest BCUT2D eigenvalue weighted by atomic mass is 10.2. The van der Waals surface area contributed by atoms with Gasteiger partial charge >= 0.3 is 0 Å². The summed E-state index contributed by atoms with van der Waals surface area (Å²) in [6, 6.07) is 18.8. The summed E-state index contributed by atoms with van der Waals surface area (Å²) in [5.41, 5.74) is 3.13. The average Bonchev–Trinajstić information content (AvgIpc) is 3.45. The van der Waals surface area contributed by atoms with E-state index in [-0.39, 0.29) is 5.91 Å². The maximum absolute atomic E-state index is 12.5. The van der Waals surface area contributed by atoms with Gasteiger partial charge in [0.1, 0.15) is 12.1 Å². The number of aromatic nitrogens is 5. The molecule has 0 atom stereocenters. The number of hydrogen-bond donors (Lipinski definition) is 2. The van der Waals surface area contributed by atoms with Gasteiger partial charge in [-0.2, -0.15) is 5.10 Å². The van der Waals surface area contributed by atoms with Crippen LogP contribution in [0.15, 0.2) is 91.8 Å². The molecule has 0 aliphatic rings. The van der Waals surface area contributed by atoms with Crippen LogP contribution in [0.1, 0.15) is 10.4 Å². The molecule has 0 bridgehead atoms. The molecule has 0 aliphatic carbocycles. The first kappa shape index (κ1) is 17.6. The van der Waals surface area contributed by atoms with Crippen LogP contribution in [0.2, 0.25) is 0 Å². The number of fused-ring (bicyclic) bond motifs is 1. The van der Waals surface area contributed by atoms with Gasteiger partial charge in [-0.3, -0.25) is 4.79 Å². The van der Waals surface area contributed by atoms with Crippen molar-refractivity contribution < 1.29 is 4.79 Å². The van der Waals surface area contributed by atoms with Gasteiger partial charge in [-0.25, -0.2) is 14.6 Å². The molecule has 30 heavy (non-hydrogen) atoms. The molecule has 0 fully saturated rings. The SMILES string of the molecule is O=C(Nc1ccc(Nc2cc(-n3cccn3)ncn2)cc1)c1cc2ccccn2c1. The van der Waals surface area contributed by atoms with Gasteiger partial charge in [-0.15, -0.1) is 0 Å². The maximum atomic E-state index is 12.5. The Bertz CT molecular complexity index is 1270. The fourth-order valence-electron chi connectivity index (χ4n) is 3.11. The number of nitrogens with one attached hydrogen (secondary N) is 2. The molecule has 8 nitrogen and oxygen atoms in total. The van der Waals surface area contributed by atoms with E-state index in [0.29, 0.717) is 22.9 Å². The third-order valence-corrected chi connectivity index (χ3v) is 4.57. The summed E-state index contributed by atoms with van der Waals surface area (Å²) >= 11 is 0. The van der Waals surface area contributed by atoms with E-state index < -0.39 is 0 Å². The van der Waals surface area contributed by atoms with Crippen LogP contribution in [0.4, 0.5) is 17.2 Å². The van der Waals surface area contributed by atoms with Crippen molar-refractivity contribution in [3.63, 3.8) is 0 Å². The summed E-state index contributed by atoms with van der Waals surface area (Å²) < 4.78 is 3.58. The van der Waals surface area contributed by atoms with E-state index in [4.69, 9.17) is 0 Å². The summed E-state index contributed by atoms with van der Waals surface area (Å²) in [6.07, 6.45) is 8.72. The lowest BCUT2D eigenvalue weighted by Crippen LogP contribution is -2.10. The summed E-state index contributed by atoms with van der Waals surface area (Å²) in [5.74, 6) is 1.16. The van der Waals surface area contributed by atoms with E-state index >= 15 is 0 Å². The monoisotopic (exact) mass is 395 g/mol. The first-order valence-electron chi connectivity index (χ1n) is 9.32. The van der Waals surface area contributed by atoms with Crippen LogP contribution in [0, 0.1) is 0 Å². The minimum Gasteiger partial charge on any atom is -0.340 e. The van der Waals surface area contributed by atoms with E-state index in [0.717, 1.165) is 11.2 Å². The highest BCUT2D eigenvalue weighted by Gasteiger charge is 2.09. The van der Waals surface area contributed by atoms with Gasteiger partial charge in [0.05, 0.1) is 5.56 Å². The van der Waals surface area contributed by atoms with Crippen molar-refractivity contribution in [2.24, 2.45) is 0 Å². The fraction of sp³-hybridized carbons (Fsp3) is 0. The first-order valence-corrected chi connectivity index (χ1v) is 9.32. The van der Waals surface area contributed by atoms with Gasteiger partial charge in [0.2, 0.25) is 0 Å². The Hall–Kier alpha value is -4.46. The number of nitrogens with zero attached hydrogens (tertiary/aromatic N) is 5. The highest BCUT2D eigenvalue weighted by molar-refractivity contribution is 6.05. The van der Waals surface area contributed by atoms with Crippen molar-refractivity contribution in [3.8, 4) is 5.82 Å². The second kappa shape index (κ2) is 7.51. The minimum absolute atomic E-state index is 0.154. The Kier molecular flexibility index (Phi) is 4.41. The zero-order valence-corrected chi connectivity index (χ0v) is 15.8. The molecular formula is C22H17N7O. The van der Waals surface area contributed by atoms with Crippen LogP contribution in [-0.2, 0) is 0 Å². The Morgan fingerprint density at radius 3 is 2.57 bits per heavy atom. The van der Waals surface area contributed by atoms with E-state index in [9.17, 15) is 4.79 Å². The van der Waals surface area contributed by atoms with Crippen LogP contribution in [0.25, 0.3) is 11.3 Å². The average molecular weight is 395 g/mol. The highest BCUT2D eigenvalue weighted by Crippen LogP contribution is 2.19. The van der Waals surface area contributed by atoms with E-state index in [2.05, 4.69) is 25.7 Å². The van der Waals surface area contributed by atoms with Crippen molar-refractivity contribution in [3.05, 3.63) is 97.3 Å². The predicted molar refractivity (Wildman–Crippen MR) is 114 cm³/mol. The Balaban J connectivity index is 1.27. The molecule has 0 unspecified atom stereocenters. The molecule has 8 heteroatoms. The molecule has 0 saturated heterocycles. The Morgan fingerprint density at radius 2 is 1.77 bits per heavy atom. The maximum Gasteiger partial charge on any atom is 0.257 e. The highest BCUT2D eigenvalue weighted by atomic mass is 16.1. The Morgan fingerprint density at radius 1 is 0.900 bits per heavy atom. The number of amides is 1. The number of carbonyl (C=O) groups is 1. The van der Waals surface area contributed by atoms with Crippen LogP contribution in [-0.4, -0.2) is 30.1 Å². The third-order valence-electron chi connectivity index (χ3n) is 4.57. The molecule has 146 valence electrons. The van der Waals surface area contributed by atoms with Gasteiger partial charge in [0.25, 0.3) is 5.91 Å². The second-order valence-corrected chi connectivity index (χ2v) is 6.63. The number of rotatable bonds is 5. The van der Waals surface area contributed by atoms with E-state index in [1.807, 2.05) is 77.6 Å². The van der Waals surface area contributed by atoms with Crippen molar-refractivity contribution in [1.29, 1.82) is 0 Å². The van der Waals surface area contributed by atoms with Crippen molar-refractivity contribution in [2.75, 3.05) is 10.6 Å². The lowest BCUT2D eigenvalue weighted by Gasteiger charge is -2.08. The Labute approximate surface area is 171 Å². The molecule has 0 aliphatic heterocycles. The first-order chi connectivity index (χ1) is 14.7. The number of carbonyl (C=O) groups excluding carboxylic acids is 1. The largest absolute Gasteiger partial charge is 0.340 e. The summed E-state index contributed by atoms with van der Waals surface area (Å²) in [7, 11) is 0. The van der Waals surface area contributed by atoms with Gasteiger partial charge in [-0.1, -0.05) is 6.07 Å². The fourth-order valence-corrected chi connectivity index (χ4v) is 3.11. The molecule has 1 amide bonds. The van der Waals surface area contributed by atoms with Crippen LogP contribution in [0.5, 0.6) is 0 Å². The molecule has 2 N–H and O–H groups in total. The van der Waals surface area contributed by atoms with Gasteiger partial charge in [-0.05, 0) is 48.5 Å². The van der Waals surface area contributed by atoms with Gasteiger partial charge < -0.3 is 15.0 Å². The summed E-state index contributed by atoms with van der Waals surface area (Å²) in [5, 5.41) is 10.3. The molecule has 5 rings (SSSR count). The lowest BCUT2D eigenvalue weighted by molar-refractivity contribution is 0.102. The van der Waals surface area contributed by atoms with Crippen LogP contribution < -0.4 is 10.6 Å². The summed E-state index contributed by atoms with van der Waals surface area (Å²) in [4.78, 5) is 21.0. The normalized spacial score (nSPS) is 10.8. The zero-order valence-electron chi connectivity index (χ0n) is 15.8. The molecule has 0 saturated carbocycles. The third kappa shape index (κ3) is 3.61. The predicted octanol–water partition coefficient (Wildman–Crippen LogP) is 3.91. The number of benzene rings is 1. The molecule has 1 aromatic carbocycles. The number of pyridine rings is 1. The van der Waals surface area contributed by atoms with Crippen LogP contribution >= 0.6 is 0 Å². The molecule has 0 radical (unpaired) electrons. The molecule has 4 aromatic heterocycles. The topological polar surface area (TPSA) is 89.1 Å². The van der Waals surface area contributed by atoms with E-state index in [1.165, 1.54) is 6.33 Å². The quantitative estimate of drug-likeness (QED) is 0.471. The standard InChI is InChI=1S/C22H17N7O/c30-22(16-12-19-4-1-2-10-28(19)14-16)27-18-7-5-17(6-8-18)26-20-13-21(24-15-23-20)29-11-3-9-25-29/h1-15H,(H,27,30)(H,23,24,26). The molecule has 5 aromatic rings. The van der Waals surface area contributed by atoms with E-state index in [1.54, 1.807) is 16.9 Å². The summed E-state index contributed by atoms with van der Waals surface area (Å²) in [6.45, 7) is 0. The van der Waals surface area contributed by atoms with Crippen LogP contribution in [0.3, 0.4) is 0 Å². The smallest absolute Gasteiger partial charge is 0.257 e. The van der Waals surface area contributed by atoms with Gasteiger partial charge in [0.15, 0.2) is 5.82 Å². The number of anilines is 3. The zero-order chi connectivity index (χ0) is 20.3. The molecular weight excluding hydrogens is 378 g/mol. The molecule has 0 spiro atoms. The number of hydrogen-bond acceptors (Lipinski definition) is 5. The van der Waals surface area contributed by atoms with Gasteiger partial charge in [0, 0.05) is 47.7 Å². The second-order valence-electron chi connectivity index (χ2n) is 6.63. The van der Waals surface area contributed by atoms with Crippen molar-refractivity contribution in [2.45, 2.75) is 0 Å². The molecule has 4 heterocycles.